The first-order valence-corrected chi connectivity index (χ1v) is 9.45. The van der Waals surface area contributed by atoms with E-state index in [-0.39, 0.29) is 6.23 Å². The molecule has 4 rings (SSSR count). The highest BCUT2D eigenvalue weighted by Crippen LogP contribution is 2.36. The van der Waals surface area contributed by atoms with Crippen LogP contribution in [0.4, 0.5) is 5.69 Å². The quantitative estimate of drug-likeness (QED) is 0.690. The maximum atomic E-state index is 6.12. The number of hydrogen-bond acceptors (Lipinski definition) is 6. The number of hydrogen-bond donors (Lipinski definition) is 1. The molecule has 0 aliphatic carbocycles. The fourth-order valence-electron chi connectivity index (χ4n) is 2.71. The molecule has 0 saturated carbocycles. The van der Waals surface area contributed by atoms with Crippen LogP contribution in [-0.4, -0.2) is 27.2 Å². The number of fused-ring (bicyclic) bond motifs is 3. The molecule has 26 heavy (non-hydrogen) atoms. The second-order valence-corrected chi connectivity index (χ2v) is 6.91. The maximum absolute atomic E-state index is 6.12. The predicted octanol–water partition coefficient (Wildman–Crippen LogP) is 4.49. The van der Waals surface area contributed by atoms with Crippen molar-refractivity contribution >= 4 is 23.5 Å². The Kier molecular flexibility index (Phi) is 4.84. The molecule has 0 fully saturated rings. The highest BCUT2D eigenvalue weighted by Gasteiger charge is 2.23. The highest BCUT2D eigenvalue weighted by atomic mass is 32.2. The topological polar surface area (TPSA) is 59.9 Å². The monoisotopic (exact) mass is 362 g/mol. The third kappa shape index (κ3) is 3.55. The van der Waals surface area contributed by atoms with Crippen LogP contribution in [0.25, 0.3) is 17.3 Å². The van der Waals surface area contributed by atoms with Crippen molar-refractivity contribution in [1.82, 2.24) is 15.2 Å². The zero-order valence-electron chi connectivity index (χ0n) is 14.3. The summed E-state index contributed by atoms with van der Waals surface area (Å²) in [5, 5.41) is 12.6. The average molecular weight is 362 g/mol. The summed E-state index contributed by atoms with van der Waals surface area (Å²) < 4.78 is 6.12. The van der Waals surface area contributed by atoms with Crippen molar-refractivity contribution in [2.45, 2.75) is 18.3 Å². The van der Waals surface area contributed by atoms with Gasteiger partial charge in [-0.3, -0.25) is 0 Å². The largest absolute Gasteiger partial charge is 0.448 e. The molecule has 0 saturated heterocycles. The van der Waals surface area contributed by atoms with Crippen LogP contribution in [0, 0.1) is 0 Å². The van der Waals surface area contributed by atoms with Gasteiger partial charge in [-0.25, -0.2) is 0 Å². The van der Waals surface area contributed by atoms with Gasteiger partial charge in [0, 0.05) is 11.3 Å². The van der Waals surface area contributed by atoms with Crippen LogP contribution >= 0.6 is 11.8 Å². The fourth-order valence-corrected chi connectivity index (χ4v) is 3.21. The van der Waals surface area contributed by atoms with Gasteiger partial charge in [0.2, 0.25) is 11.0 Å². The Morgan fingerprint density at radius 3 is 2.73 bits per heavy atom. The molecular weight excluding hydrogens is 344 g/mol. The average Bonchev–Trinajstić information content (AvgIpc) is 2.83. The smallest absolute Gasteiger partial charge is 0.247 e. The van der Waals surface area contributed by atoms with Gasteiger partial charge < -0.3 is 10.1 Å². The second-order valence-electron chi connectivity index (χ2n) is 5.68. The number of thioether (sulfide) groups is 1. The SMILES string of the molecule is CCSc1nnc2c(n1)O[C@@H](/C=C\c1ccccc1)Nc1ccccc1-2. The molecule has 5 nitrogen and oxygen atoms in total. The van der Waals surface area contributed by atoms with E-state index in [1.54, 1.807) is 11.8 Å². The van der Waals surface area contributed by atoms with Crippen molar-refractivity contribution in [2.24, 2.45) is 0 Å². The minimum Gasteiger partial charge on any atom is -0.448 e. The summed E-state index contributed by atoms with van der Waals surface area (Å²) in [4.78, 5) is 4.56. The van der Waals surface area contributed by atoms with E-state index in [0.717, 1.165) is 22.6 Å². The molecule has 0 unspecified atom stereocenters. The number of para-hydroxylation sites is 1. The number of anilines is 1. The number of nitrogens with zero attached hydrogens (tertiary/aromatic N) is 3. The molecule has 1 aromatic heterocycles. The molecule has 1 aliphatic rings. The summed E-state index contributed by atoms with van der Waals surface area (Å²) >= 11 is 1.54. The summed E-state index contributed by atoms with van der Waals surface area (Å²) in [6, 6.07) is 18.1. The number of aromatic nitrogens is 3. The lowest BCUT2D eigenvalue weighted by molar-refractivity contribution is 0.266. The lowest BCUT2D eigenvalue weighted by atomic mass is 10.1. The van der Waals surface area contributed by atoms with Crippen molar-refractivity contribution in [3.63, 3.8) is 0 Å². The van der Waals surface area contributed by atoms with Crippen LogP contribution in [0.2, 0.25) is 0 Å². The molecule has 1 aliphatic heterocycles. The first-order chi connectivity index (χ1) is 12.8. The van der Waals surface area contributed by atoms with E-state index in [1.807, 2.05) is 54.6 Å². The van der Waals surface area contributed by atoms with Crippen molar-refractivity contribution in [2.75, 3.05) is 11.1 Å². The zero-order chi connectivity index (χ0) is 17.8. The molecular formula is C20H18N4OS. The van der Waals surface area contributed by atoms with Gasteiger partial charge in [-0.15, -0.1) is 10.2 Å². The molecule has 0 amide bonds. The Bertz CT molecular complexity index is 930. The lowest BCUT2D eigenvalue weighted by Gasteiger charge is -2.15. The highest BCUT2D eigenvalue weighted by molar-refractivity contribution is 7.99. The van der Waals surface area contributed by atoms with Gasteiger partial charge in [0.15, 0.2) is 11.9 Å². The second kappa shape index (κ2) is 7.58. The van der Waals surface area contributed by atoms with Crippen LogP contribution in [-0.2, 0) is 0 Å². The Hall–Kier alpha value is -2.86. The van der Waals surface area contributed by atoms with Gasteiger partial charge in [-0.05, 0) is 23.5 Å². The molecule has 1 N–H and O–H groups in total. The Morgan fingerprint density at radius 2 is 1.88 bits per heavy atom. The number of rotatable bonds is 4. The Balaban J connectivity index is 1.72. The molecule has 130 valence electrons. The van der Waals surface area contributed by atoms with Crippen molar-refractivity contribution in [3.8, 4) is 17.1 Å². The molecule has 0 radical (unpaired) electrons. The summed E-state index contributed by atoms with van der Waals surface area (Å²) in [6.07, 6.45) is 3.66. The molecule has 2 heterocycles. The molecule has 1 atom stereocenters. The Labute approximate surface area is 156 Å². The van der Waals surface area contributed by atoms with E-state index >= 15 is 0 Å². The van der Waals surface area contributed by atoms with E-state index in [0.29, 0.717) is 16.7 Å². The normalized spacial score (nSPS) is 15.5. The van der Waals surface area contributed by atoms with Gasteiger partial charge in [0.05, 0.1) is 0 Å². The van der Waals surface area contributed by atoms with Gasteiger partial charge in [0.25, 0.3) is 0 Å². The van der Waals surface area contributed by atoms with E-state index in [2.05, 4.69) is 39.6 Å². The van der Waals surface area contributed by atoms with Crippen LogP contribution in [0.3, 0.4) is 0 Å². The Morgan fingerprint density at radius 1 is 1.08 bits per heavy atom. The molecule has 3 aromatic rings. The van der Waals surface area contributed by atoms with E-state index in [1.165, 1.54) is 0 Å². The molecule has 6 heteroatoms. The van der Waals surface area contributed by atoms with Crippen molar-refractivity contribution in [3.05, 3.63) is 66.2 Å². The van der Waals surface area contributed by atoms with Crippen LogP contribution in [0.1, 0.15) is 12.5 Å². The van der Waals surface area contributed by atoms with E-state index in [4.69, 9.17) is 4.74 Å². The fraction of sp³-hybridized carbons (Fsp3) is 0.150. The minimum atomic E-state index is -0.353. The molecule has 2 aromatic carbocycles. The predicted molar refractivity (Wildman–Crippen MR) is 105 cm³/mol. The van der Waals surface area contributed by atoms with Crippen molar-refractivity contribution in [1.29, 1.82) is 0 Å². The minimum absolute atomic E-state index is 0.353. The molecule has 0 bridgehead atoms. The van der Waals surface area contributed by atoms with Crippen LogP contribution in [0.5, 0.6) is 5.88 Å². The summed E-state index contributed by atoms with van der Waals surface area (Å²) in [5.74, 6) is 1.38. The number of nitrogens with one attached hydrogen (secondary N) is 1. The third-order valence-electron chi connectivity index (χ3n) is 3.89. The zero-order valence-corrected chi connectivity index (χ0v) is 15.1. The van der Waals surface area contributed by atoms with Crippen LogP contribution < -0.4 is 10.1 Å². The number of ether oxygens (including phenoxy) is 1. The standard InChI is InChI=1S/C20H18N4OS/c1-2-26-20-22-19-18(23-24-20)15-10-6-7-11-16(15)21-17(25-19)13-12-14-8-4-3-5-9-14/h3-13,17,21H,2H2,1H3/b13-12-/t17-/m0/s1. The van der Waals surface area contributed by atoms with Gasteiger partial charge in [0.1, 0.15) is 0 Å². The summed E-state index contributed by atoms with van der Waals surface area (Å²) in [7, 11) is 0. The first kappa shape index (κ1) is 16.6. The van der Waals surface area contributed by atoms with Gasteiger partial charge in [-0.2, -0.15) is 4.98 Å². The summed E-state index contributed by atoms with van der Waals surface area (Å²) in [5.41, 5.74) is 3.65. The lowest BCUT2D eigenvalue weighted by Crippen LogP contribution is -2.23. The van der Waals surface area contributed by atoms with Gasteiger partial charge >= 0.3 is 0 Å². The first-order valence-electron chi connectivity index (χ1n) is 8.47. The maximum Gasteiger partial charge on any atom is 0.247 e. The van der Waals surface area contributed by atoms with Crippen molar-refractivity contribution < 1.29 is 4.74 Å². The van der Waals surface area contributed by atoms with Crippen LogP contribution in [0.15, 0.2) is 65.8 Å². The third-order valence-corrected chi connectivity index (χ3v) is 4.61. The van der Waals surface area contributed by atoms with E-state index in [9.17, 15) is 0 Å². The summed E-state index contributed by atoms with van der Waals surface area (Å²) in [6.45, 7) is 2.06. The van der Waals surface area contributed by atoms with E-state index < -0.39 is 0 Å². The number of benzene rings is 2. The molecule has 0 spiro atoms. The van der Waals surface area contributed by atoms with Gasteiger partial charge in [-0.1, -0.05) is 73.3 Å².